The van der Waals surface area contributed by atoms with E-state index in [0.717, 1.165) is 23.3 Å². The van der Waals surface area contributed by atoms with Gasteiger partial charge >= 0.3 is 0 Å². The summed E-state index contributed by atoms with van der Waals surface area (Å²) in [5.74, 6) is 0.756. The molecule has 0 spiro atoms. The number of ether oxygens (including phenoxy) is 3. The summed E-state index contributed by atoms with van der Waals surface area (Å²) in [7, 11) is 1.65. The fourth-order valence-electron chi connectivity index (χ4n) is 1.70. The van der Waals surface area contributed by atoms with Crippen molar-refractivity contribution in [2.75, 3.05) is 33.5 Å². The smallest absolute Gasteiger partial charge is 0.125 e. The van der Waals surface area contributed by atoms with E-state index >= 15 is 0 Å². The first-order valence-corrected chi connectivity index (χ1v) is 6.63. The number of aryl methyl sites for hydroxylation is 1. The van der Waals surface area contributed by atoms with E-state index in [-0.39, 0.29) is 0 Å². The number of rotatable bonds is 9. The van der Waals surface area contributed by atoms with E-state index in [2.05, 4.69) is 0 Å². The molecular formula is C15H24O4. The molecule has 0 aliphatic heterocycles. The van der Waals surface area contributed by atoms with Crippen molar-refractivity contribution in [1.82, 2.24) is 0 Å². The van der Waals surface area contributed by atoms with Crippen molar-refractivity contribution in [1.29, 1.82) is 0 Å². The predicted molar refractivity (Wildman–Crippen MR) is 74.6 cm³/mol. The number of methoxy groups -OCH3 is 1. The van der Waals surface area contributed by atoms with Crippen molar-refractivity contribution < 1.29 is 19.3 Å². The van der Waals surface area contributed by atoms with Crippen LogP contribution in [0.4, 0.5) is 0 Å². The quantitative estimate of drug-likeness (QED) is 0.699. The van der Waals surface area contributed by atoms with E-state index in [9.17, 15) is 5.11 Å². The van der Waals surface area contributed by atoms with Crippen LogP contribution in [-0.2, 0) is 9.47 Å². The first-order chi connectivity index (χ1) is 9.15. The number of hydrogen-bond acceptors (Lipinski definition) is 4. The van der Waals surface area contributed by atoms with Gasteiger partial charge < -0.3 is 19.3 Å². The summed E-state index contributed by atoms with van der Waals surface area (Å²) in [6.45, 7) is 6.21. The highest BCUT2D eigenvalue weighted by molar-refractivity contribution is 5.38. The van der Waals surface area contributed by atoms with E-state index in [0.29, 0.717) is 26.4 Å². The Labute approximate surface area is 115 Å². The molecule has 0 aromatic heterocycles. The summed E-state index contributed by atoms with van der Waals surface area (Å²) in [6, 6.07) is 5.83. The average Bonchev–Trinajstić information content (AvgIpc) is 2.37. The van der Waals surface area contributed by atoms with E-state index < -0.39 is 6.10 Å². The van der Waals surface area contributed by atoms with E-state index in [1.807, 2.05) is 25.1 Å². The highest BCUT2D eigenvalue weighted by Crippen LogP contribution is 2.26. The second-order valence-corrected chi connectivity index (χ2v) is 4.52. The second kappa shape index (κ2) is 8.91. The average molecular weight is 268 g/mol. The standard InChI is InChI=1S/C15H24O4/c1-12-5-6-14(13(2)16)15(11-12)19-8-4-7-18-10-9-17-3/h5-6,11,13,16H,4,7-10H2,1-3H3. The number of benzene rings is 1. The van der Waals surface area contributed by atoms with Gasteiger partial charge in [-0.05, 0) is 25.5 Å². The van der Waals surface area contributed by atoms with Crippen LogP contribution in [0.3, 0.4) is 0 Å². The number of aliphatic hydroxyl groups is 1. The second-order valence-electron chi connectivity index (χ2n) is 4.52. The Morgan fingerprint density at radius 3 is 2.63 bits per heavy atom. The summed E-state index contributed by atoms with van der Waals surface area (Å²) in [4.78, 5) is 0. The minimum atomic E-state index is -0.520. The normalized spacial score (nSPS) is 12.4. The molecule has 0 aliphatic carbocycles. The molecule has 1 unspecified atom stereocenters. The van der Waals surface area contributed by atoms with Gasteiger partial charge in [0.15, 0.2) is 0 Å². The van der Waals surface area contributed by atoms with Crippen LogP contribution in [0.25, 0.3) is 0 Å². The molecule has 1 rings (SSSR count). The molecule has 1 N–H and O–H groups in total. The zero-order chi connectivity index (χ0) is 14.1. The predicted octanol–water partition coefficient (Wildman–Crippen LogP) is 2.48. The van der Waals surface area contributed by atoms with Crippen LogP contribution in [0, 0.1) is 6.92 Å². The van der Waals surface area contributed by atoms with Crippen LogP contribution < -0.4 is 4.74 Å². The number of hydrogen-bond donors (Lipinski definition) is 1. The maximum atomic E-state index is 9.68. The first-order valence-electron chi connectivity index (χ1n) is 6.63. The van der Waals surface area contributed by atoms with Crippen LogP contribution in [-0.4, -0.2) is 38.6 Å². The highest BCUT2D eigenvalue weighted by Gasteiger charge is 2.09. The molecule has 0 amide bonds. The SMILES string of the molecule is COCCOCCCOc1cc(C)ccc1C(C)O. The van der Waals surface area contributed by atoms with E-state index in [1.54, 1.807) is 14.0 Å². The van der Waals surface area contributed by atoms with Crippen molar-refractivity contribution in [2.24, 2.45) is 0 Å². The Kier molecular flexibility index (Phi) is 7.48. The zero-order valence-corrected chi connectivity index (χ0v) is 12.0. The summed E-state index contributed by atoms with van der Waals surface area (Å²) < 4.78 is 16.0. The lowest BCUT2D eigenvalue weighted by atomic mass is 10.1. The van der Waals surface area contributed by atoms with Gasteiger partial charge in [0, 0.05) is 25.7 Å². The van der Waals surface area contributed by atoms with Gasteiger partial charge in [0.25, 0.3) is 0 Å². The van der Waals surface area contributed by atoms with Gasteiger partial charge in [0.2, 0.25) is 0 Å². The Morgan fingerprint density at radius 1 is 1.16 bits per heavy atom. The zero-order valence-electron chi connectivity index (χ0n) is 12.0. The lowest BCUT2D eigenvalue weighted by Gasteiger charge is -2.14. The molecule has 19 heavy (non-hydrogen) atoms. The Hall–Kier alpha value is -1.10. The summed E-state index contributed by atoms with van der Waals surface area (Å²) in [5, 5.41) is 9.68. The van der Waals surface area contributed by atoms with Crippen molar-refractivity contribution >= 4 is 0 Å². The van der Waals surface area contributed by atoms with Gasteiger partial charge in [-0.25, -0.2) is 0 Å². The minimum Gasteiger partial charge on any atom is -0.493 e. The van der Waals surface area contributed by atoms with Gasteiger partial charge in [-0.3, -0.25) is 0 Å². The minimum absolute atomic E-state index is 0.520. The molecule has 0 bridgehead atoms. The van der Waals surface area contributed by atoms with Gasteiger partial charge in [-0.2, -0.15) is 0 Å². The van der Waals surface area contributed by atoms with Crippen LogP contribution >= 0.6 is 0 Å². The molecule has 4 nitrogen and oxygen atoms in total. The number of aliphatic hydroxyl groups excluding tert-OH is 1. The monoisotopic (exact) mass is 268 g/mol. The molecule has 0 saturated heterocycles. The topological polar surface area (TPSA) is 47.9 Å². The Balaban J connectivity index is 2.34. The molecule has 4 heteroatoms. The lowest BCUT2D eigenvalue weighted by Crippen LogP contribution is -2.08. The first kappa shape index (κ1) is 16.0. The molecule has 0 heterocycles. The Bertz CT molecular complexity index is 363. The van der Waals surface area contributed by atoms with Crippen LogP contribution in [0.1, 0.15) is 30.6 Å². The van der Waals surface area contributed by atoms with Gasteiger partial charge in [-0.15, -0.1) is 0 Å². The van der Waals surface area contributed by atoms with E-state index in [1.165, 1.54) is 0 Å². The molecule has 1 aromatic carbocycles. The third kappa shape index (κ3) is 6.05. The lowest BCUT2D eigenvalue weighted by molar-refractivity contribution is 0.0642. The van der Waals surface area contributed by atoms with E-state index in [4.69, 9.17) is 14.2 Å². The third-order valence-electron chi connectivity index (χ3n) is 2.74. The van der Waals surface area contributed by atoms with Crippen molar-refractivity contribution in [3.8, 4) is 5.75 Å². The maximum absolute atomic E-state index is 9.68. The van der Waals surface area contributed by atoms with Crippen LogP contribution in [0.15, 0.2) is 18.2 Å². The van der Waals surface area contributed by atoms with Crippen LogP contribution in [0.2, 0.25) is 0 Å². The molecule has 1 atom stereocenters. The largest absolute Gasteiger partial charge is 0.493 e. The van der Waals surface area contributed by atoms with Crippen LogP contribution in [0.5, 0.6) is 5.75 Å². The van der Waals surface area contributed by atoms with Gasteiger partial charge in [0.1, 0.15) is 5.75 Å². The van der Waals surface area contributed by atoms with Crippen molar-refractivity contribution in [3.05, 3.63) is 29.3 Å². The molecule has 1 aromatic rings. The molecule has 0 fully saturated rings. The third-order valence-corrected chi connectivity index (χ3v) is 2.74. The highest BCUT2D eigenvalue weighted by atomic mass is 16.5. The van der Waals surface area contributed by atoms with Gasteiger partial charge in [0.05, 0.1) is 25.9 Å². The fourth-order valence-corrected chi connectivity index (χ4v) is 1.70. The van der Waals surface area contributed by atoms with Crippen molar-refractivity contribution in [3.63, 3.8) is 0 Å². The fraction of sp³-hybridized carbons (Fsp3) is 0.600. The van der Waals surface area contributed by atoms with Crippen molar-refractivity contribution in [2.45, 2.75) is 26.4 Å². The molecule has 0 radical (unpaired) electrons. The summed E-state index contributed by atoms with van der Waals surface area (Å²) >= 11 is 0. The molecule has 0 aliphatic rings. The molecule has 108 valence electrons. The molecular weight excluding hydrogens is 244 g/mol. The Morgan fingerprint density at radius 2 is 1.95 bits per heavy atom. The summed E-state index contributed by atoms with van der Waals surface area (Å²) in [6.07, 6.45) is 0.297. The molecule has 0 saturated carbocycles. The summed E-state index contributed by atoms with van der Waals surface area (Å²) in [5.41, 5.74) is 1.95. The maximum Gasteiger partial charge on any atom is 0.125 e. The van der Waals surface area contributed by atoms with Gasteiger partial charge in [-0.1, -0.05) is 12.1 Å².